The van der Waals surface area contributed by atoms with Crippen molar-refractivity contribution in [1.29, 1.82) is 0 Å². The lowest BCUT2D eigenvalue weighted by molar-refractivity contribution is -0.143. The van der Waals surface area contributed by atoms with Gasteiger partial charge in [-0.25, -0.2) is 4.98 Å². The number of unbranched alkanes of at least 4 members (excludes halogenated alkanes) is 2. The van der Waals surface area contributed by atoms with Crippen LogP contribution < -0.4 is 97.4 Å². The number of nitrogens with two attached hydrogens (primary N) is 4. The number of nitrogens with zero attached hydrogens (tertiary/aromatic N) is 2. The Morgan fingerprint density at radius 1 is 0.588 bits per heavy atom. The fourth-order valence-electron chi connectivity index (χ4n) is 14.8. The minimum Gasteiger partial charge on any atom is -0.481 e. The van der Waals surface area contributed by atoms with Crippen molar-refractivity contribution in [3.05, 3.63) is 90.1 Å². The standard InChI is InChI=1S/C86H130N22O20S3/c1-45(2)35-63-86(128)108-33-20-28-66(108)82(124)101-61(38-52-41-91-44-93-52)77(119)103-64(80(122)96-56(25-15-17-31-87)73(115)98-58(30-34-129-9)75(117)95-55(72(90)114)27-19-29-67(89)111)42-130-131-43-65(104-83(125)69(46(3)4)105-79(121)62(39-68(112)113)100-76(118)59(94-49(8)110)36-50-21-11-10-12-22-50)81(123)97-57(26-16-18-32-88)74(116)99-60(37-51-40-92-54-24-14-13-23-53(51)54)78(120)106-70(47(5)6)84(126)107-71(48(7)109)85(127)102-63/h10-14,21-24,40-41,44-48,55-66,69-71,92,109H,15-20,25-39,42-43,87-88H2,1-9H3,(H2,89,111)(H2,90,114)(H,91,93)(H,94,110)(H,95,117)(H,96,122)(H,97,123)(H,98,115)(H,99,116)(H,100,118)(H,101,124)(H,102,127)(H,103,119)(H,104,125)(H,105,121)(H,106,120)(H,107,126)(H,112,113)/t48-,55+,56+,57+,58+,59+,60+,61+,62+,63+,64+,65+,66+,69+,70+,71+/m1/s1. The number of rotatable bonds is 42. The minimum atomic E-state index is -1.90. The van der Waals surface area contributed by atoms with Gasteiger partial charge >= 0.3 is 5.97 Å². The number of H-pyrrole nitrogens is 2. The van der Waals surface area contributed by atoms with Gasteiger partial charge in [-0.05, 0) is 144 Å². The number of carbonyl (C=O) groups excluding carboxylic acids is 17. The van der Waals surface area contributed by atoms with Crippen molar-refractivity contribution in [3.63, 3.8) is 0 Å². The van der Waals surface area contributed by atoms with Gasteiger partial charge in [-0.15, -0.1) is 0 Å². The number of aliphatic hydroxyl groups is 1. The van der Waals surface area contributed by atoms with Crippen molar-refractivity contribution in [3.8, 4) is 0 Å². The third kappa shape index (κ3) is 35.7. The van der Waals surface area contributed by atoms with Crippen LogP contribution in [0.2, 0.25) is 0 Å². The molecular formula is C86H130N22O20S3. The number of aliphatic hydroxyl groups excluding tert-OH is 1. The zero-order chi connectivity index (χ0) is 96.7. The van der Waals surface area contributed by atoms with E-state index in [0.29, 0.717) is 28.5 Å². The first-order valence-electron chi connectivity index (χ1n) is 43.9. The monoisotopic (exact) mass is 1890 g/mol. The van der Waals surface area contributed by atoms with E-state index in [2.05, 4.69) is 89.4 Å². The number of amides is 17. The van der Waals surface area contributed by atoms with Gasteiger partial charge in [0.15, 0.2) is 0 Å². The normalized spacial score (nSPS) is 21.3. The summed E-state index contributed by atoms with van der Waals surface area (Å²) in [7, 11) is 1.60. The molecule has 0 saturated carbocycles. The minimum absolute atomic E-state index is 0.0254. The number of carbonyl (C=O) groups is 18. The molecular weight excluding hydrogens is 1760 g/mol. The van der Waals surface area contributed by atoms with Crippen molar-refractivity contribution in [1.82, 2.24) is 94.3 Å². The summed E-state index contributed by atoms with van der Waals surface area (Å²) >= 11 is 1.31. The Bertz CT molecular complexity index is 4550. The molecule has 45 heteroatoms. The second kappa shape index (κ2) is 55.0. The first-order valence-corrected chi connectivity index (χ1v) is 47.8. The first kappa shape index (κ1) is 108. The van der Waals surface area contributed by atoms with E-state index >= 15 is 38.4 Å². The predicted molar refractivity (Wildman–Crippen MR) is 491 cm³/mol. The zero-order valence-electron chi connectivity index (χ0n) is 75.3. The lowest BCUT2D eigenvalue weighted by Crippen LogP contribution is -2.63. The zero-order valence-corrected chi connectivity index (χ0v) is 77.8. The van der Waals surface area contributed by atoms with Gasteiger partial charge in [0, 0.05) is 79.6 Å². The van der Waals surface area contributed by atoms with Crippen LogP contribution in [0.5, 0.6) is 0 Å². The molecule has 16 atom stereocenters. The van der Waals surface area contributed by atoms with Crippen LogP contribution in [0.3, 0.4) is 0 Å². The molecule has 0 radical (unpaired) electrons. The maximum absolute atomic E-state index is 15.6. The predicted octanol–water partition coefficient (Wildman–Crippen LogP) is -2.52. The second-order valence-corrected chi connectivity index (χ2v) is 37.2. The summed E-state index contributed by atoms with van der Waals surface area (Å²) in [5.74, 6) is -20.4. The quantitative estimate of drug-likeness (QED) is 0.0161. The summed E-state index contributed by atoms with van der Waals surface area (Å²) in [6.45, 7) is 12.2. The summed E-state index contributed by atoms with van der Waals surface area (Å²) in [6.07, 6.45) is 3.17. The maximum Gasteiger partial charge on any atom is 0.305 e. The number of carboxylic acids is 1. The number of nitrogens with one attached hydrogen (secondary N) is 16. The molecule has 2 aliphatic heterocycles. The average molecular weight is 1890 g/mol. The number of thioether (sulfide) groups is 1. The summed E-state index contributed by atoms with van der Waals surface area (Å²) in [6, 6.07) is -8.17. The number of carboxylic acid groups (broad SMARTS) is 1. The number of aromatic amines is 2. The Morgan fingerprint density at radius 2 is 1.17 bits per heavy atom. The Labute approximate surface area is 772 Å². The molecule has 17 amide bonds. The molecule has 2 aromatic heterocycles. The van der Waals surface area contributed by atoms with Gasteiger partial charge in [-0.2, -0.15) is 11.8 Å². The number of imidazole rings is 1. The molecule has 0 unspecified atom stereocenters. The summed E-state index contributed by atoms with van der Waals surface area (Å²) < 4.78 is 0. The van der Waals surface area contributed by atoms with Crippen molar-refractivity contribution in [2.75, 3.05) is 43.1 Å². The number of aliphatic carboxylic acids is 1. The molecule has 26 N–H and O–H groups in total. The van der Waals surface area contributed by atoms with Gasteiger partial charge in [-0.1, -0.05) is 112 Å². The number of benzene rings is 2. The number of fused-ring (bicyclic) bond motifs is 2. The van der Waals surface area contributed by atoms with Gasteiger partial charge in [0.05, 0.1) is 18.9 Å². The van der Waals surface area contributed by atoms with Gasteiger partial charge in [0.25, 0.3) is 0 Å². The number of aromatic nitrogens is 3. The van der Waals surface area contributed by atoms with Gasteiger partial charge in [0.1, 0.15) is 90.6 Å². The molecule has 0 bridgehead atoms. The highest BCUT2D eigenvalue weighted by Crippen LogP contribution is 2.27. The van der Waals surface area contributed by atoms with E-state index in [4.69, 9.17) is 22.9 Å². The Kier molecular flexibility index (Phi) is 45.5. The molecule has 6 rings (SSSR count). The molecule has 2 fully saturated rings. The highest BCUT2D eigenvalue weighted by Gasteiger charge is 2.44. The van der Waals surface area contributed by atoms with Crippen molar-refractivity contribution in [2.45, 2.75) is 261 Å². The number of hydrogen-bond donors (Lipinski definition) is 22. The largest absolute Gasteiger partial charge is 0.481 e. The van der Waals surface area contributed by atoms with E-state index in [-0.39, 0.29) is 133 Å². The Morgan fingerprint density at radius 3 is 1.79 bits per heavy atom. The molecule has 2 saturated heterocycles. The number of hydrogen-bond acceptors (Lipinski definition) is 25. The smallest absolute Gasteiger partial charge is 0.305 e. The SMILES string of the molecule is CSCC[C@H](NC(=O)[C@H](CCCCN)NC(=O)[C@@H]1CSSC[C@H](NC(=O)[C@@H](NC(=O)[C@H](CC(=O)O)NC(=O)[C@H](Cc2ccccc2)NC(C)=O)C(C)C)C(=O)N[C@@H](CCCCN)C(=O)N[C@@H](Cc2c[nH]c3ccccc23)C(=O)N[C@@H](C(C)C)C(=O)N[C@@H]([C@@H](C)O)C(=O)N[C@@H](CC(C)C)C(=O)N2CCC[C@H]2C(=O)N[C@@H](Cc2cnc[nH]2)C(=O)N1)C(=O)N[C@@H](CCCC(N)=O)C(N)=O. The van der Waals surface area contributed by atoms with E-state index < -0.39 is 233 Å². The maximum atomic E-state index is 15.6. The fraction of sp³-hybridized carbons (Fsp3) is 0.593. The van der Waals surface area contributed by atoms with Gasteiger partial charge in [0.2, 0.25) is 100 Å². The average Bonchev–Trinajstić information content (AvgIpc) is 1.71. The lowest BCUT2D eigenvalue weighted by atomic mass is 9.99. The molecule has 0 spiro atoms. The van der Waals surface area contributed by atoms with Crippen LogP contribution in [-0.4, -0.2) is 276 Å². The summed E-state index contributed by atoms with van der Waals surface area (Å²) in [4.78, 5) is 271. The second-order valence-electron chi connectivity index (χ2n) is 33.7. The highest BCUT2D eigenvalue weighted by atomic mass is 33.1. The van der Waals surface area contributed by atoms with E-state index in [9.17, 15) is 58.2 Å². The summed E-state index contributed by atoms with van der Waals surface area (Å²) in [5.41, 5.74) is 25.0. The van der Waals surface area contributed by atoms with Crippen molar-refractivity contribution < 1.29 is 96.5 Å². The first-order chi connectivity index (χ1) is 62.2. The molecule has 2 aliphatic rings. The van der Waals surface area contributed by atoms with Crippen LogP contribution >= 0.6 is 33.3 Å². The van der Waals surface area contributed by atoms with Gasteiger partial charge in [-0.3, -0.25) is 86.3 Å². The van der Waals surface area contributed by atoms with Gasteiger partial charge < -0.3 is 122 Å². The number of primary amides is 2. The van der Waals surface area contributed by atoms with Crippen LogP contribution in [0.25, 0.3) is 10.9 Å². The Balaban J connectivity index is 1.53. The van der Waals surface area contributed by atoms with Crippen LogP contribution in [0.4, 0.5) is 0 Å². The van der Waals surface area contributed by atoms with Crippen LogP contribution in [0.1, 0.15) is 162 Å². The van der Waals surface area contributed by atoms with Crippen LogP contribution in [0, 0.1) is 17.8 Å². The van der Waals surface area contributed by atoms with E-state index in [1.165, 1.54) is 50.0 Å². The third-order valence-electron chi connectivity index (χ3n) is 21.8. The molecule has 42 nitrogen and oxygen atoms in total. The molecule has 722 valence electrons. The van der Waals surface area contributed by atoms with E-state index in [1.54, 1.807) is 94.7 Å². The Hall–Kier alpha value is -11.4. The summed E-state index contributed by atoms with van der Waals surface area (Å²) in [5, 5.41) is 59.2. The van der Waals surface area contributed by atoms with E-state index in [1.807, 2.05) is 0 Å². The van der Waals surface area contributed by atoms with Crippen molar-refractivity contribution in [2.24, 2.45) is 40.7 Å². The van der Waals surface area contributed by atoms with Crippen molar-refractivity contribution >= 4 is 151 Å². The lowest BCUT2D eigenvalue weighted by Gasteiger charge is -2.32. The van der Waals surface area contributed by atoms with Crippen LogP contribution in [-0.2, 0) is 106 Å². The molecule has 4 aromatic rings. The fourth-order valence-corrected chi connectivity index (χ4v) is 17.6. The molecule has 4 heterocycles. The van der Waals surface area contributed by atoms with E-state index in [0.717, 1.165) is 28.5 Å². The number of para-hydroxylation sites is 1. The molecule has 0 aliphatic carbocycles. The molecule has 131 heavy (non-hydrogen) atoms. The van der Waals surface area contributed by atoms with Crippen LogP contribution in [0.15, 0.2) is 73.3 Å². The third-order valence-corrected chi connectivity index (χ3v) is 24.9. The highest BCUT2D eigenvalue weighted by molar-refractivity contribution is 8.76. The topological polar surface area (TPSA) is 668 Å². The molecule has 2 aromatic carbocycles.